The van der Waals surface area contributed by atoms with E-state index in [-0.39, 0.29) is 12.2 Å². The van der Waals surface area contributed by atoms with Crippen LogP contribution >= 0.6 is 0 Å². The van der Waals surface area contributed by atoms with Gasteiger partial charge in [0.15, 0.2) is 0 Å². The van der Waals surface area contributed by atoms with Crippen LogP contribution < -0.4 is 4.74 Å². The molecule has 0 bridgehead atoms. The predicted octanol–water partition coefficient (Wildman–Crippen LogP) is 4.71. The molecule has 0 saturated heterocycles. The molecule has 0 aliphatic carbocycles. The SMILES string of the molecule is CCCON=Cc1cc(C)c(OCc2ccccc2C(=COC)C(=O)O)cc1C. The minimum absolute atomic E-state index is 0.0817. The highest BCUT2D eigenvalue weighted by Gasteiger charge is 2.15. The van der Waals surface area contributed by atoms with Gasteiger partial charge in [-0.25, -0.2) is 4.79 Å². The average molecular weight is 397 g/mol. The number of methoxy groups -OCH3 is 1. The summed E-state index contributed by atoms with van der Waals surface area (Å²) < 4.78 is 10.9. The Hall–Kier alpha value is -3.28. The first kappa shape index (κ1) is 22.0. The summed E-state index contributed by atoms with van der Waals surface area (Å²) in [7, 11) is 1.42. The summed E-state index contributed by atoms with van der Waals surface area (Å²) in [6, 6.07) is 11.2. The van der Waals surface area contributed by atoms with Gasteiger partial charge in [0.05, 0.1) is 19.6 Å². The maximum atomic E-state index is 11.6. The van der Waals surface area contributed by atoms with Crippen LogP contribution in [0.5, 0.6) is 5.75 Å². The summed E-state index contributed by atoms with van der Waals surface area (Å²) >= 11 is 0. The second-order valence-electron chi connectivity index (χ2n) is 6.56. The van der Waals surface area contributed by atoms with Crippen molar-refractivity contribution in [2.75, 3.05) is 13.7 Å². The molecule has 2 aromatic carbocycles. The van der Waals surface area contributed by atoms with Gasteiger partial charge in [-0.3, -0.25) is 0 Å². The van der Waals surface area contributed by atoms with E-state index in [0.29, 0.717) is 12.2 Å². The number of hydrogen-bond acceptors (Lipinski definition) is 5. The van der Waals surface area contributed by atoms with Crippen LogP contribution in [0.15, 0.2) is 47.8 Å². The van der Waals surface area contributed by atoms with Crippen LogP contribution in [0.25, 0.3) is 5.57 Å². The van der Waals surface area contributed by atoms with Crippen molar-refractivity contribution < 1.29 is 24.2 Å². The monoisotopic (exact) mass is 397 g/mol. The molecule has 1 N–H and O–H groups in total. The Kier molecular flexibility index (Phi) is 8.27. The Balaban J connectivity index is 2.21. The van der Waals surface area contributed by atoms with Crippen molar-refractivity contribution in [3.63, 3.8) is 0 Å². The largest absolute Gasteiger partial charge is 0.503 e. The van der Waals surface area contributed by atoms with Crippen molar-refractivity contribution in [1.29, 1.82) is 0 Å². The van der Waals surface area contributed by atoms with Gasteiger partial charge in [-0.05, 0) is 60.2 Å². The Bertz CT molecular complexity index is 902. The smallest absolute Gasteiger partial charge is 0.339 e. The van der Waals surface area contributed by atoms with Crippen LogP contribution in [0.1, 0.15) is 41.2 Å². The third-order valence-electron chi connectivity index (χ3n) is 4.28. The quantitative estimate of drug-likeness (QED) is 0.206. The van der Waals surface area contributed by atoms with Crippen molar-refractivity contribution in [2.45, 2.75) is 33.8 Å². The van der Waals surface area contributed by atoms with E-state index >= 15 is 0 Å². The van der Waals surface area contributed by atoms with Crippen LogP contribution in [-0.4, -0.2) is 31.0 Å². The normalized spacial score (nSPS) is 11.5. The zero-order chi connectivity index (χ0) is 21.2. The number of oxime groups is 1. The van der Waals surface area contributed by atoms with Crippen molar-refractivity contribution in [3.05, 3.63) is 70.5 Å². The number of carbonyl (C=O) groups is 1. The van der Waals surface area contributed by atoms with Gasteiger partial charge in [0.2, 0.25) is 0 Å². The zero-order valence-electron chi connectivity index (χ0n) is 17.3. The first-order valence-corrected chi connectivity index (χ1v) is 9.41. The van der Waals surface area contributed by atoms with E-state index in [1.54, 1.807) is 18.3 Å². The molecule has 0 spiro atoms. The molecule has 0 aliphatic heterocycles. The number of ether oxygens (including phenoxy) is 2. The molecule has 0 unspecified atom stereocenters. The van der Waals surface area contributed by atoms with E-state index in [1.807, 2.05) is 45.0 Å². The molecule has 29 heavy (non-hydrogen) atoms. The maximum absolute atomic E-state index is 11.6. The standard InChI is InChI=1S/C23H27NO5/c1-5-10-29-24-13-19-11-17(3)22(12-16(19)2)28-14-18-8-6-7-9-20(18)21(15-27-4)23(25)26/h6-9,11-13,15H,5,10,14H2,1-4H3,(H,25,26). The molecule has 0 fully saturated rings. The maximum Gasteiger partial charge on any atom is 0.339 e. The summed E-state index contributed by atoms with van der Waals surface area (Å²) in [5, 5.41) is 13.5. The lowest BCUT2D eigenvalue weighted by molar-refractivity contribution is -0.130. The van der Waals surface area contributed by atoms with E-state index < -0.39 is 5.97 Å². The van der Waals surface area contributed by atoms with Gasteiger partial charge >= 0.3 is 5.97 Å². The molecule has 0 saturated carbocycles. The van der Waals surface area contributed by atoms with Gasteiger partial charge in [-0.15, -0.1) is 0 Å². The number of aliphatic carboxylic acids is 1. The van der Waals surface area contributed by atoms with Gasteiger partial charge < -0.3 is 19.4 Å². The summed E-state index contributed by atoms with van der Waals surface area (Å²) in [6.45, 7) is 6.78. The molecule has 0 atom stereocenters. The third kappa shape index (κ3) is 6.10. The molecular formula is C23H27NO5. The number of hydrogen-bond donors (Lipinski definition) is 1. The molecule has 0 radical (unpaired) electrons. The number of carboxylic acid groups (broad SMARTS) is 1. The highest BCUT2D eigenvalue weighted by atomic mass is 16.6. The molecular weight excluding hydrogens is 370 g/mol. The summed E-state index contributed by atoms with van der Waals surface area (Å²) in [5.41, 5.74) is 4.33. The Morgan fingerprint density at radius 2 is 1.93 bits per heavy atom. The fourth-order valence-corrected chi connectivity index (χ4v) is 2.76. The average Bonchev–Trinajstić information content (AvgIpc) is 2.70. The van der Waals surface area contributed by atoms with Crippen LogP contribution in [0.3, 0.4) is 0 Å². The van der Waals surface area contributed by atoms with Crippen molar-refractivity contribution >= 4 is 17.8 Å². The molecule has 0 aliphatic rings. The highest BCUT2D eigenvalue weighted by Crippen LogP contribution is 2.25. The molecule has 0 aromatic heterocycles. The van der Waals surface area contributed by atoms with Gasteiger partial charge in [0, 0.05) is 0 Å². The second-order valence-corrected chi connectivity index (χ2v) is 6.56. The molecule has 2 aromatic rings. The first-order valence-electron chi connectivity index (χ1n) is 9.41. The fraction of sp³-hybridized carbons (Fsp3) is 0.304. The van der Waals surface area contributed by atoms with E-state index in [2.05, 4.69) is 5.16 Å². The lowest BCUT2D eigenvalue weighted by Crippen LogP contribution is -2.06. The Morgan fingerprint density at radius 3 is 2.62 bits per heavy atom. The summed E-state index contributed by atoms with van der Waals surface area (Å²) in [5.74, 6) is -0.322. The second kappa shape index (κ2) is 10.9. The summed E-state index contributed by atoms with van der Waals surface area (Å²) in [6.07, 6.45) is 3.84. The molecule has 6 nitrogen and oxygen atoms in total. The minimum atomic E-state index is -1.06. The Morgan fingerprint density at radius 1 is 1.17 bits per heavy atom. The predicted molar refractivity (Wildman–Crippen MR) is 113 cm³/mol. The molecule has 2 rings (SSSR count). The number of nitrogens with zero attached hydrogens (tertiary/aromatic N) is 1. The van der Waals surface area contributed by atoms with Crippen molar-refractivity contribution in [3.8, 4) is 5.75 Å². The van der Waals surface area contributed by atoms with Crippen LogP contribution in [0.2, 0.25) is 0 Å². The number of rotatable bonds is 10. The molecule has 0 heterocycles. The molecule has 0 amide bonds. The van der Waals surface area contributed by atoms with Gasteiger partial charge in [-0.1, -0.05) is 36.3 Å². The van der Waals surface area contributed by atoms with Crippen LogP contribution in [0, 0.1) is 13.8 Å². The Labute approximate surface area is 171 Å². The minimum Gasteiger partial charge on any atom is -0.503 e. The summed E-state index contributed by atoms with van der Waals surface area (Å²) in [4.78, 5) is 16.7. The van der Waals surface area contributed by atoms with Crippen molar-refractivity contribution in [1.82, 2.24) is 0 Å². The molecule has 6 heteroatoms. The third-order valence-corrected chi connectivity index (χ3v) is 4.28. The zero-order valence-corrected chi connectivity index (χ0v) is 17.3. The van der Waals surface area contributed by atoms with Crippen LogP contribution in [-0.2, 0) is 21.0 Å². The van der Waals surface area contributed by atoms with Gasteiger partial charge in [0.25, 0.3) is 0 Å². The van der Waals surface area contributed by atoms with Gasteiger partial charge in [0.1, 0.15) is 24.5 Å². The lowest BCUT2D eigenvalue weighted by atomic mass is 10.0. The van der Waals surface area contributed by atoms with Crippen LogP contribution in [0.4, 0.5) is 0 Å². The van der Waals surface area contributed by atoms with Gasteiger partial charge in [-0.2, -0.15) is 0 Å². The lowest BCUT2D eigenvalue weighted by Gasteiger charge is -2.14. The van der Waals surface area contributed by atoms with E-state index in [4.69, 9.17) is 14.3 Å². The number of aryl methyl sites for hydroxylation is 2. The fourth-order valence-electron chi connectivity index (χ4n) is 2.76. The number of carboxylic acids is 1. The number of benzene rings is 2. The van der Waals surface area contributed by atoms with E-state index in [0.717, 1.165) is 34.4 Å². The van der Waals surface area contributed by atoms with E-state index in [9.17, 15) is 9.90 Å². The molecule has 154 valence electrons. The topological polar surface area (TPSA) is 77.3 Å². The highest BCUT2D eigenvalue weighted by molar-refractivity contribution is 6.15. The van der Waals surface area contributed by atoms with E-state index in [1.165, 1.54) is 13.4 Å². The first-order chi connectivity index (χ1) is 14.0. The van der Waals surface area contributed by atoms with Crippen molar-refractivity contribution in [2.24, 2.45) is 5.16 Å².